The fourth-order valence-corrected chi connectivity index (χ4v) is 4.94. The summed E-state index contributed by atoms with van der Waals surface area (Å²) in [6.07, 6.45) is 26.8. The molecular weight excluding hydrogens is 302 g/mol. The molecule has 142 valence electrons. The van der Waals surface area contributed by atoms with Crippen LogP contribution in [0, 0.1) is 35.0 Å². The van der Waals surface area contributed by atoms with Gasteiger partial charge in [-0.05, 0) is 62.7 Å². The van der Waals surface area contributed by atoms with Crippen LogP contribution in [0.4, 0.5) is 0 Å². The quantitative estimate of drug-likeness (QED) is 0.293. The van der Waals surface area contributed by atoms with Crippen molar-refractivity contribution in [3.8, 4) is 6.07 Å². The van der Waals surface area contributed by atoms with Gasteiger partial charge >= 0.3 is 0 Å². The van der Waals surface area contributed by atoms with Crippen molar-refractivity contribution in [1.82, 2.24) is 0 Å². The van der Waals surface area contributed by atoms with Crippen LogP contribution < -0.4 is 0 Å². The second-order valence-electron chi connectivity index (χ2n) is 8.86. The molecule has 0 amide bonds. The van der Waals surface area contributed by atoms with Gasteiger partial charge in [0, 0.05) is 5.92 Å². The molecule has 2 aliphatic carbocycles. The Balaban J connectivity index is 1.48. The van der Waals surface area contributed by atoms with Gasteiger partial charge in [-0.2, -0.15) is 5.26 Å². The smallest absolute Gasteiger partial charge is 0.0655 e. The van der Waals surface area contributed by atoms with Crippen molar-refractivity contribution in [3.05, 3.63) is 12.2 Å². The van der Waals surface area contributed by atoms with Gasteiger partial charge in [-0.3, -0.25) is 0 Å². The SMILES string of the molecule is CCCC/C=C\CCCC1CCC(CCC2CCC(C#N)CC2)CC1. The first-order valence-corrected chi connectivity index (χ1v) is 11.4. The second kappa shape index (κ2) is 12.6. The van der Waals surface area contributed by atoms with Crippen LogP contribution in [-0.2, 0) is 0 Å². The Bertz CT molecular complexity index is 389. The van der Waals surface area contributed by atoms with E-state index in [1.807, 2.05) is 0 Å². The van der Waals surface area contributed by atoms with E-state index in [0.29, 0.717) is 5.92 Å². The molecule has 2 aliphatic rings. The third-order valence-corrected chi connectivity index (χ3v) is 6.85. The van der Waals surface area contributed by atoms with E-state index in [-0.39, 0.29) is 0 Å². The van der Waals surface area contributed by atoms with Crippen LogP contribution in [0.2, 0.25) is 0 Å². The highest BCUT2D eigenvalue weighted by atomic mass is 14.3. The zero-order valence-corrected chi connectivity index (χ0v) is 16.7. The predicted octanol–water partition coefficient (Wildman–Crippen LogP) is 7.82. The number of rotatable bonds is 10. The van der Waals surface area contributed by atoms with Crippen molar-refractivity contribution in [1.29, 1.82) is 5.26 Å². The molecule has 0 N–H and O–H groups in total. The fraction of sp³-hybridized carbons (Fsp3) is 0.875. The molecule has 25 heavy (non-hydrogen) atoms. The van der Waals surface area contributed by atoms with E-state index in [9.17, 15) is 0 Å². The Morgan fingerprint density at radius 3 is 1.72 bits per heavy atom. The Hall–Kier alpha value is -0.770. The zero-order valence-electron chi connectivity index (χ0n) is 16.7. The van der Waals surface area contributed by atoms with Gasteiger partial charge in [0.2, 0.25) is 0 Å². The lowest BCUT2D eigenvalue weighted by Crippen LogP contribution is -2.17. The van der Waals surface area contributed by atoms with Crippen LogP contribution >= 0.6 is 0 Å². The second-order valence-corrected chi connectivity index (χ2v) is 8.86. The van der Waals surface area contributed by atoms with Gasteiger partial charge in [0.05, 0.1) is 6.07 Å². The first kappa shape index (κ1) is 20.5. The standard InChI is InChI=1S/C24H41N/c1-2-3-4-5-6-7-8-9-21-10-12-22(13-11-21)14-15-23-16-18-24(20-25)19-17-23/h5-6,21-24H,2-4,7-19H2,1H3/b6-5-. The highest BCUT2D eigenvalue weighted by Gasteiger charge is 2.24. The van der Waals surface area contributed by atoms with Gasteiger partial charge in [0.25, 0.3) is 0 Å². The Morgan fingerprint density at radius 1 is 0.720 bits per heavy atom. The summed E-state index contributed by atoms with van der Waals surface area (Å²) in [5.74, 6) is 3.33. The van der Waals surface area contributed by atoms with Crippen molar-refractivity contribution in [3.63, 3.8) is 0 Å². The summed E-state index contributed by atoms with van der Waals surface area (Å²) in [7, 11) is 0. The maximum absolute atomic E-state index is 9.01. The number of allylic oxidation sites excluding steroid dienone is 2. The number of nitrogens with zero attached hydrogens (tertiary/aromatic N) is 1. The minimum Gasteiger partial charge on any atom is -0.198 e. The van der Waals surface area contributed by atoms with Crippen LogP contribution in [0.3, 0.4) is 0 Å². The van der Waals surface area contributed by atoms with E-state index < -0.39 is 0 Å². The summed E-state index contributed by atoms with van der Waals surface area (Å²) in [5, 5.41) is 9.01. The zero-order chi connectivity index (χ0) is 17.7. The lowest BCUT2D eigenvalue weighted by atomic mass is 9.75. The molecule has 0 atom stereocenters. The first-order valence-electron chi connectivity index (χ1n) is 11.4. The molecule has 2 fully saturated rings. The normalized spacial score (nSPS) is 30.4. The fourth-order valence-electron chi connectivity index (χ4n) is 4.94. The summed E-state index contributed by atoms with van der Waals surface area (Å²) in [5.41, 5.74) is 0. The predicted molar refractivity (Wildman–Crippen MR) is 108 cm³/mol. The Kier molecular flexibility index (Phi) is 10.3. The molecule has 1 heteroatoms. The number of hydrogen-bond donors (Lipinski definition) is 0. The number of unbranched alkanes of at least 4 members (excludes halogenated alkanes) is 3. The molecule has 2 saturated carbocycles. The topological polar surface area (TPSA) is 23.8 Å². The highest BCUT2D eigenvalue weighted by molar-refractivity contribution is 4.87. The van der Waals surface area contributed by atoms with Crippen LogP contribution in [0.5, 0.6) is 0 Å². The van der Waals surface area contributed by atoms with Crippen LogP contribution in [0.15, 0.2) is 12.2 Å². The molecule has 0 aromatic carbocycles. The molecule has 0 aliphatic heterocycles. The monoisotopic (exact) mass is 343 g/mol. The van der Waals surface area contributed by atoms with Gasteiger partial charge in [-0.1, -0.05) is 76.9 Å². The molecule has 0 heterocycles. The van der Waals surface area contributed by atoms with Crippen molar-refractivity contribution in [2.45, 2.75) is 110 Å². The van der Waals surface area contributed by atoms with Gasteiger partial charge in [-0.15, -0.1) is 0 Å². The van der Waals surface area contributed by atoms with E-state index in [0.717, 1.165) is 17.8 Å². The molecule has 0 radical (unpaired) electrons. The minimum absolute atomic E-state index is 0.369. The van der Waals surface area contributed by atoms with Crippen molar-refractivity contribution < 1.29 is 0 Å². The summed E-state index contributed by atoms with van der Waals surface area (Å²) < 4.78 is 0. The molecule has 0 unspecified atom stereocenters. The van der Waals surface area contributed by atoms with E-state index in [1.165, 1.54) is 103 Å². The largest absolute Gasteiger partial charge is 0.198 e. The summed E-state index contributed by atoms with van der Waals surface area (Å²) in [6, 6.07) is 2.46. The Labute approximate surface area is 157 Å². The molecule has 0 spiro atoms. The van der Waals surface area contributed by atoms with Crippen molar-refractivity contribution in [2.24, 2.45) is 23.7 Å². The third-order valence-electron chi connectivity index (χ3n) is 6.85. The molecule has 0 aromatic rings. The molecule has 0 bridgehead atoms. The van der Waals surface area contributed by atoms with E-state index >= 15 is 0 Å². The van der Waals surface area contributed by atoms with Gasteiger partial charge in [-0.25, -0.2) is 0 Å². The molecule has 2 rings (SSSR count). The van der Waals surface area contributed by atoms with Crippen LogP contribution in [0.1, 0.15) is 110 Å². The lowest BCUT2D eigenvalue weighted by molar-refractivity contribution is 0.221. The van der Waals surface area contributed by atoms with Gasteiger partial charge in [0.1, 0.15) is 0 Å². The minimum atomic E-state index is 0.369. The van der Waals surface area contributed by atoms with Gasteiger partial charge in [0.15, 0.2) is 0 Å². The average molecular weight is 344 g/mol. The maximum atomic E-state index is 9.01. The molecular formula is C24H41N. The molecule has 0 aromatic heterocycles. The maximum Gasteiger partial charge on any atom is 0.0655 e. The summed E-state index contributed by atoms with van der Waals surface area (Å²) in [6.45, 7) is 2.27. The van der Waals surface area contributed by atoms with E-state index in [4.69, 9.17) is 5.26 Å². The van der Waals surface area contributed by atoms with Crippen LogP contribution in [0.25, 0.3) is 0 Å². The molecule has 0 saturated heterocycles. The third kappa shape index (κ3) is 8.44. The number of nitriles is 1. The average Bonchev–Trinajstić information content (AvgIpc) is 2.67. The first-order chi connectivity index (χ1) is 12.3. The van der Waals surface area contributed by atoms with Crippen molar-refractivity contribution in [2.75, 3.05) is 0 Å². The van der Waals surface area contributed by atoms with Crippen molar-refractivity contribution >= 4 is 0 Å². The van der Waals surface area contributed by atoms with Gasteiger partial charge < -0.3 is 0 Å². The summed E-state index contributed by atoms with van der Waals surface area (Å²) >= 11 is 0. The van der Waals surface area contributed by atoms with E-state index in [1.54, 1.807) is 0 Å². The Morgan fingerprint density at radius 2 is 1.20 bits per heavy atom. The van der Waals surface area contributed by atoms with Crippen LogP contribution in [-0.4, -0.2) is 0 Å². The molecule has 1 nitrogen and oxygen atoms in total. The summed E-state index contributed by atoms with van der Waals surface area (Å²) in [4.78, 5) is 0. The highest BCUT2D eigenvalue weighted by Crippen LogP contribution is 2.37. The number of hydrogen-bond acceptors (Lipinski definition) is 1. The lowest BCUT2D eigenvalue weighted by Gasteiger charge is -2.31. The van der Waals surface area contributed by atoms with E-state index in [2.05, 4.69) is 25.1 Å².